The zero-order chi connectivity index (χ0) is 19.6. The highest BCUT2D eigenvalue weighted by Crippen LogP contribution is 2.36. The van der Waals surface area contributed by atoms with Crippen molar-refractivity contribution < 1.29 is 4.79 Å². The molecule has 0 unspecified atom stereocenters. The monoisotopic (exact) mass is 407 g/mol. The zero-order valence-corrected chi connectivity index (χ0v) is 17.2. The van der Waals surface area contributed by atoms with Crippen LogP contribution in [0, 0.1) is 5.92 Å². The van der Waals surface area contributed by atoms with Gasteiger partial charge in [0.15, 0.2) is 5.65 Å². The van der Waals surface area contributed by atoms with Crippen LogP contribution in [0.2, 0.25) is 0 Å². The Morgan fingerprint density at radius 1 is 1.07 bits per heavy atom. The summed E-state index contributed by atoms with van der Waals surface area (Å²) in [4.78, 5) is 24.1. The van der Waals surface area contributed by atoms with E-state index in [0.717, 1.165) is 34.7 Å². The fourth-order valence-electron chi connectivity index (χ4n) is 4.84. The molecular weight excluding hydrogens is 382 g/mol. The lowest BCUT2D eigenvalue weighted by Crippen LogP contribution is -2.50. The van der Waals surface area contributed by atoms with E-state index < -0.39 is 0 Å². The number of nitrogens with zero attached hydrogens (tertiary/aromatic N) is 5. The molecule has 0 spiro atoms. The molecular formula is C22H25N5OS. The Hall–Kier alpha value is -2.41. The molecule has 1 aliphatic carbocycles. The van der Waals surface area contributed by atoms with Gasteiger partial charge in [0, 0.05) is 12.6 Å². The minimum absolute atomic E-state index is 0.244. The number of para-hydroxylation sites is 1. The van der Waals surface area contributed by atoms with Crippen molar-refractivity contribution in [2.75, 3.05) is 12.3 Å². The Kier molecular flexibility index (Phi) is 5.23. The molecule has 2 fully saturated rings. The number of hydrogen-bond acceptors (Lipinski definition) is 5. The number of piperidine rings is 1. The van der Waals surface area contributed by atoms with Gasteiger partial charge in [-0.1, -0.05) is 42.8 Å². The minimum atomic E-state index is 0.244. The number of carbonyl (C=O) groups is 1. The summed E-state index contributed by atoms with van der Waals surface area (Å²) in [7, 11) is 0. The van der Waals surface area contributed by atoms with Gasteiger partial charge in [0.05, 0.1) is 23.0 Å². The summed E-state index contributed by atoms with van der Waals surface area (Å²) in [6.45, 7) is 0.908. The Bertz CT molecular complexity index is 1000. The fourth-order valence-corrected chi connectivity index (χ4v) is 5.69. The summed E-state index contributed by atoms with van der Waals surface area (Å²) in [5.41, 5.74) is 1.73. The molecule has 5 rings (SSSR count). The molecule has 0 bridgehead atoms. The summed E-state index contributed by atoms with van der Waals surface area (Å²) in [5, 5.41) is 6.22. The molecule has 2 aromatic heterocycles. The standard InChI is InChI=1S/C22H25N5OS/c28-20(26-12-6-8-16-7-4-5-11-19(16)26)14-29-22-18-13-25-27(21(18)23-15-24-22)17-9-2-1-3-10-17/h1-3,9-10,13,15-16,19H,4-8,11-12,14H2/t16-,19-/m1/s1. The summed E-state index contributed by atoms with van der Waals surface area (Å²) in [6, 6.07) is 10.4. The van der Waals surface area contributed by atoms with Gasteiger partial charge in [-0.15, -0.1) is 0 Å². The molecule has 1 aliphatic heterocycles. The topological polar surface area (TPSA) is 63.9 Å². The van der Waals surface area contributed by atoms with Gasteiger partial charge < -0.3 is 4.90 Å². The maximum absolute atomic E-state index is 13.0. The minimum Gasteiger partial charge on any atom is -0.339 e. The second kappa shape index (κ2) is 8.14. The van der Waals surface area contributed by atoms with E-state index in [-0.39, 0.29) is 5.91 Å². The maximum atomic E-state index is 13.0. The van der Waals surface area contributed by atoms with Gasteiger partial charge in [-0.25, -0.2) is 14.6 Å². The van der Waals surface area contributed by atoms with E-state index in [9.17, 15) is 4.79 Å². The fraction of sp³-hybridized carbons (Fsp3) is 0.455. The van der Waals surface area contributed by atoms with Crippen LogP contribution in [-0.2, 0) is 4.79 Å². The molecule has 0 radical (unpaired) electrons. The molecule has 1 saturated heterocycles. The van der Waals surface area contributed by atoms with Crippen LogP contribution in [-0.4, -0.2) is 48.9 Å². The number of rotatable bonds is 4. The number of thioether (sulfide) groups is 1. The highest BCUT2D eigenvalue weighted by molar-refractivity contribution is 8.00. The first kappa shape index (κ1) is 18.6. The van der Waals surface area contributed by atoms with Crippen LogP contribution < -0.4 is 0 Å². The summed E-state index contributed by atoms with van der Waals surface area (Å²) in [6.07, 6.45) is 10.8. The second-order valence-electron chi connectivity index (χ2n) is 7.94. The van der Waals surface area contributed by atoms with Crippen molar-refractivity contribution in [3.05, 3.63) is 42.9 Å². The number of fused-ring (bicyclic) bond motifs is 2. The van der Waals surface area contributed by atoms with Gasteiger partial charge in [-0.3, -0.25) is 4.79 Å². The van der Waals surface area contributed by atoms with Gasteiger partial charge in [0.2, 0.25) is 5.91 Å². The van der Waals surface area contributed by atoms with E-state index in [4.69, 9.17) is 0 Å². The molecule has 7 heteroatoms. The van der Waals surface area contributed by atoms with Crippen molar-refractivity contribution in [2.24, 2.45) is 5.92 Å². The third kappa shape index (κ3) is 3.64. The van der Waals surface area contributed by atoms with Gasteiger partial charge in [-0.05, 0) is 43.7 Å². The number of hydrogen-bond donors (Lipinski definition) is 0. The lowest BCUT2D eigenvalue weighted by Gasteiger charge is -2.44. The summed E-state index contributed by atoms with van der Waals surface area (Å²) >= 11 is 1.50. The van der Waals surface area contributed by atoms with E-state index in [1.807, 2.05) is 35.0 Å². The Labute approximate surface area is 174 Å². The van der Waals surface area contributed by atoms with E-state index in [2.05, 4.69) is 20.0 Å². The molecule has 150 valence electrons. The van der Waals surface area contributed by atoms with Crippen LogP contribution in [0.1, 0.15) is 38.5 Å². The van der Waals surface area contributed by atoms with Crippen molar-refractivity contribution in [3.63, 3.8) is 0 Å². The van der Waals surface area contributed by atoms with Crippen molar-refractivity contribution >= 4 is 28.7 Å². The predicted octanol–water partition coefficient (Wildman–Crippen LogP) is 4.09. The third-order valence-corrected chi connectivity index (χ3v) is 7.22. The van der Waals surface area contributed by atoms with E-state index in [1.54, 1.807) is 12.5 Å². The van der Waals surface area contributed by atoms with Crippen LogP contribution in [0.25, 0.3) is 16.7 Å². The quantitative estimate of drug-likeness (QED) is 0.481. The van der Waals surface area contributed by atoms with Gasteiger partial charge in [-0.2, -0.15) is 5.10 Å². The van der Waals surface area contributed by atoms with Crippen LogP contribution in [0.3, 0.4) is 0 Å². The number of likely N-dealkylation sites (tertiary alicyclic amines) is 1. The van der Waals surface area contributed by atoms with Gasteiger partial charge in [0.1, 0.15) is 11.4 Å². The van der Waals surface area contributed by atoms with Crippen molar-refractivity contribution in [1.82, 2.24) is 24.6 Å². The molecule has 2 atom stereocenters. The lowest BCUT2D eigenvalue weighted by atomic mass is 9.78. The highest BCUT2D eigenvalue weighted by atomic mass is 32.2. The van der Waals surface area contributed by atoms with Crippen LogP contribution in [0.15, 0.2) is 47.9 Å². The molecule has 3 aromatic rings. The Morgan fingerprint density at radius 2 is 1.90 bits per heavy atom. The zero-order valence-electron chi connectivity index (χ0n) is 16.4. The Balaban J connectivity index is 1.33. The van der Waals surface area contributed by atoms with Crippen LogP contribution in [0.5, 0.6) is 0 Å². The second-order valence-corrected chi connectivity index (χ2v) is 8.90. The molecule has 1 amide bonds. The van der Waals surface area contributed by atoms with Gasteiger partial charge >= 0.3 is 0 Å². The largest absolute Gasteiger partial charge is 0.339 e. The SMILES string of the molecule is O=C(CSc1ncnc2c1cnn2-c1ccccc1)N1CCC[C@H]2CCCC[C@H]21. The highest BCUT2D eigenvalue weighted by Gasteiger charge is 2.35. The molecule has 3 heterocycles. The molecule has 0 N–H and O–H groups in total. The summed E-state index contributed by atoms with van der Waals surface area (Å²) in [5.74, 6) is 1.38. The van der Waals surface area contributed by atoms with Crippen molar-refractivity contribution in [1.29, 1.82) is 0 Å². The number of aromatic nitrogens is 4. The van der Waals surface area contributed by atoms with Crippen molar-refractivity contribution in [2.45, 2.75) is 49.6 Å². The van der Waals surface area contributed by atoms with E-state index >= 15 is 0 Å². The molecule has 1 aromatic carbocycles. The Morgan fingerprint density at radius 3 is 2.79 bits per heavy atom. The van der Waals surface area contributed by atoms with Gasteiger partial charge in [0.25, 0.3) is 0 Å². The average Bonchev–Trinajstić information content (AvgIpc) is 3.22. The van der Waals surface area contributed by atoms with E-state index in [0.29, 0.717) is 17.7 Å². The number of amides is 1. The normalized spacial score (nSPS) is 21.9. The van der Waals surface area contributed by atoms with Crippen LogP contribution >= 0.6 is 11.8 Å². The summed E-state index contributed by atoms with van der Waals surface area (Å²) < 4.78 is 1.82. The maximum Gasteiger partial charge on any atom is 0.233 e. The molecule has 29 heavy (non-hydrogen) atoms. The smallest absolute Gasteiger partial charge is 0.233 e. The van der Waals surface area contributed by atoms with Crippen molar-refractivity contribution in [3.8, 4) is 5.69 Å². The first-order valence-corrected chi connectivity index (χ1v) is 11.5. The third-order valence-electron chi connectivity index (χ3n) is 6.23. The van der Waals surface area contributed by atoms with Crippen LogP contribution in [0.4, 0.5) is 0 Å². The first-order chi connectivity index (χ1) is 14.3. The van der Waals surface area contributed by atoms with E-state index in [1.165, 1.54) is 43.9 Å². The molecule has 6 nitrogen and oxygen atoms in total. The lowest BCUT2D eigenvalue weighted by molar-refractivity contribution is -0.134. The molecule has 2 aliphatic rings. The first-order valence-electron chi connectivity index (χ1n) is 10.5. The molecule has 1 saturated carbocycles. The number of carbonyl (C=O) groups excluding carboxylic acids is 1. The average molecular weight is 408 g/mol. The predicted molar refractivity (Wildman–Crippen MR) is 114 cm³/mol. The number of benzene rings is 1.